The number of carbonyl (C=O) groups excluding carboxylic acids is 1. The number of hydrogen-bond donors (Lipinski definition) is 1. The molecule has 0 radical (unpaired) electrons. The number of nitrogens with zero attached hydrogens (tertiary/aromatic N) is 1. The number of rotatable bonds is 6. The highest BCUT2D eigenvalue weighted by Crippen LogP contribution is 2.37. The summed E-state index contributed by atoms with van der Waals surface area (Å²) < 4.78 is 5.13. The van der Waals surface area contributed by atoms with Crippen molar-refractivity contribution in [3.05, 3.63) is 56.6 Å². The number of non-ortho nitro benzene ring substituents is 1. The van der Waals surface area contributed by atoms with Crippen LogP contribution in [0.2, 0.25) is 10.0 Å². The topological polar surface area (TPSA) is 81.5 Å². The van der Waals surface area contributed by atoms with Crippen molar-refractivity contribution in [2.45, 2.75) is 17.1 Å². The highest BCUT2D eigenvalue weighted by atomic mass is 35.5. The molecule has 2 aromatic rings. The van der Waals surface area contributed by atoms with E-state index in [-0.39, 0.29) is 17.3 Å². The molecule has 6 nitrogen and oxygen atoms in total. The van der Waals surface area contributed by atoms with E-state index in [1.54, 1.807) is 25.1 Å². The van der Waals surface area contributed by atoms with Crippen LogP contribution in [0.3, 0.4) is 0 Å². The fourth-order valence-electron chi connectivity index (χ4n) is 1.97. The van der Waals surface area contributed by atoms with Gasteiger partial charge in [0.25, 0.3) is 5.69 Å². The van der Waals surface area contributed by atoms with Crippen LogP contribution in [0, 0.1) is 10.1 Å². The first-order valence-corrected chi connectivity index (χ1v) is 8.71. The van der Waals surface area contributed by atoms with E-state index >= 15 is 0 Å². The number of thioether (sulfide) groups is 1. The Bertz CT molecular complexity index is 796. The van der Waals surface area contributed by atoms with E-state index in [1.807, 2.05) is 0 Å². The molecule has 2 aromatic carbocycles. The van der Waals surface area contributed by atoms with Crippen LogP contribution in [0.5, 0.6) is 5.75 Å². The summed E-state index contributed by atoms with van der Waals surface area (Å²) >= 11 is 13.4. The molecule has 0 aliphatic rings. The molecule has 0 heterocycles. The molecule has 0 bridgehead atoms. The maximum absolute atomic E-state index is 12.4. The molecule has 1 N–H and O–H groups in total. The Morgan fingerprint density at radius 1 is 1.28 bits per heavy atom. The summed E-state index contributed by atoms with van der Waals surface area (Å²) in [5.74, 6) is -0.0355. The molecule has 0 aromatic heterocycles. The van der Waals surface area contributed by atoms with E-state index in [0.29, 0.717) is 20.7 Å². The molecule has 25 heavy (non-hydrogen) atoms. The highest BCUT2D eigenvalue weighted by molar-refractivity contribution is 8.00. The second-order valence-electron chi connectivity index (χ2n) is 4.94. The predicted octanol–water partition coefficient (Wildman–Crippen LogP) is 5.03. The molecule has 0 saturated heterocycles. The maximum atomic E-state index is 12.4. The quantitative estimate of drug-likeness (QED) is 0.417. The minimum atomic E-state index is -0.545. The van der Waals surface area contributed by atoms with Crippen molar-refractivity contribution in [2.24, 2.45) is 0 Å². The van der Waals surface area contributed by atoms with E-state index in [9.17, 15) is 14.9 Å². The zero-order chi connectivity index (χ0) is 18.6. The van der Waals surface area contributed by atoms with Crippen LogP contribution in [0.1, 0.15) is 6.92 Å². The van der Waals surface area contributed by atoms with Crippen LogP contribution in [-0.2, 0) is 4.79 Å². The fraction of sp³-hybridized carbons (Fsp3) is 0.188. The van der Waals surface area contributed by atoms with Crippen molar-refractivity contribution in [1.29, 1.82) is 0 Å². The first-order valence-electron chi connectivity index (χ1n) is 7.07. The number of methoxy groups -OCH3 is 1. The molecule has 132 valence electrons. The number of halogens is 2. The van der Waals surface area contributed by atoms with E-state index in [2.05, 4.69) is 5.32 Å². The number of nitrogens with one attached hydrogen (secondary N) is 1. The molecule has 0 fully saturated rings. The van der Waals surface area contributed by atoms with Gasteiger partial charge in [-0.2, -0.15) is 0 Å². The van der Waals surface area contributed by atoms with Crippen LogP contribution in [0.25, 0.3) is 0 Å². The maximum Gasteiger partial charge on any atom is 0.271 e. The molecule has 1 amide bonds. The third-order valence-electron chi connectivity index (χ3n) is 3.23. The molecule has 9 heteroatoms. The van der Waals surface area contributed by atoms with E-state index in [4.69, 9.17) is 27.9 Å². The number of hydrogen-bond acceptors (Lipinski definition) is 5. The molecular weight excluding hydrogens is 387 g/mol. The van der Waals surface area contributed by atoms with Gasteiger partial charge >= 0.3 is 0 Å². The number of amides is 1. The van der Waals surface area contributed by atoms with E-state index in [0.717, 1.165) is 0 Å². The molecule has 1 atom stereocenters. The van der Waals surface area contributed by atoms with Gasteiger partial charge in [0.2, 0.25) is 5.91 Å². The fourth-order valence-corrected chi connectivity index (χ4v) is 3.51. The zero-order valence-electron chi connectivity index (χ0n) is 13.3. The van der Waals surface area contributed by atoms with Gasteiger partial charge in [-0.25, -0.2) is 0 Å². The van der Waals surface area contributed by atoms with Crippen molar-refractivity contribution >= 4 is 52.2 Å². The summed E-state index contributed by atoms with van der Waals surface area (Å²) in [7, 11) is 1.42. The van der Waals surface area contributed by atoms with Crippen molar-refractivity contribution in [1.82, 2.24) is 0 Å². The van der Waals surface area contributed by atoms with Gasteiger partial charge in [0, 0.05) is 17.0 Å². The Kier molecular flexibility index (Phi) is 6.52. The van der Waals surface area contributed by atoms with Gasteiger partial charge in [0.05, 0.1) is 33.0 Å². The molecule has 0 saturated carbocycles. The van der Waals surface area contributed by atoms with Gasteiger partial charge in [-0.3, -0.25) is 14.9 Å². The standard InChI is InChI=1S/C16H14Cl2N2O4S/c1-9(25-15-11(17)4-3-5-12(15)18)16(21)19-13-8-10(20(22)23)6-7-14(13)24-2/h3-9H,1-2H3,(H,19,21). The third kappa shape index (κ3) is 4.78. The number of carbonyl (C=O) groups is 1. The summed E-state index contributed by atoms with van der Waals surface area (Å²) in [6.45, 7) is 1.68. The monoisotopic (exact) mass is 400 g/mol. The lowest BCUT2D eigenvalue weighted by molar-refractivity contribution is -0.384. The minimum Gasteiger partial charge on any atom is -0.495 e. The van der Waals surface area contributed by atoms with Gasteiger partial charge in [-0.05, 0) is 25.1 Å². The van der Waals surface area contributed by atoms with Crippen LogP contribution < -0.4 is 10.1 Å². The molecular formula is C16H14Cl2N2O4S. The molecule has 2 rings (SSSR count). The van der Waals surface area contributed by atoms with Crippen LogP contribution in [0.15, 0.2) is 41.3 Å². The van der Waals surface area contributed by atoms with Gasteiger partial charge < -0.3 is 10.1 Å². The van der Waals surface area contributed by atoms with Crippen molar-refractivity contribution in [3.63, 3.8) is 0 Å². The smallest absolute Gasteiger partial charge is 0.271 e. The Labute approximate surface area is 158 Å². The lowest BCUT2D eigenvalue weighted by Gasteiger charge is -2.15. The lowest BCUT2D eigenvalue weighted by Crippen LogP contribution is -2.22. The third-order valence-corrected chi connectivity index (χ3v) is 5.33. The van der Waals surface area contributed by atoms with E-state index < -0.39 is 10.2 Å². The zero-order valence-corrected chi connectivity index (χ0v) is 15.6. The summed E-state index contributed by atoms with van der Waals surface area (Å²) in [6, 6.07) is 9.06. The summed E-state index contributed by atoms with van der Waals surface area (Å²) in [5, 5.41) is 13.9. The average Bonchev–Trinajstić information content (AvgIpc) is 2.57. The summed E-state index contributed by atoms with van der Waals surface area (Å²) in [6.07, 6.45) is 0. The Morgan fingerprint density at radius 3 is 2.48 bits per heavy atom. The van der Waals surface area contributed by atoms with Gasteiger partial charge in [0.1, 0.15) is 5.75 Å². The van der Waals surface area contributed by atoms with Crippen molar-refractivity contribution in [2.75, 3.05) is 12.4 Å². The van der Waals surface area contributed by atoms with Gasteiger partial charge in [-0.15, -0.1) is 11.8 Å². The van der Waals surface area contributed by atoms with Gasteiger partial charge in [0.15, 0.2) is 0 Å². The predicted molar refractivity (Wildman–Crippen MR) is 100 cm³/mol. The number of benzene rings is 2. The first kappa shape index (κ1) is 19.4. The summed E-state index contributed by atoms with van der Waals surface area (Å²) in [4.78, 5) is 23.4. The second kappa shape index (κ2) is 8.42. The Morgan fingerprint density at radius 2 is 1.92 bits per heavy atom. The highest BCUT2D eigenvalue weighted by Gasteiger charge is 2.20. The number of anilines is 1. The van der Waals surface area contributed by atoms with E-state index in [1.165, 1.54) is 37.1 Å². The van der Waals surface area contributed by atoms with Crippen LogP contribution in [-0.4, -0.2) is 23.2 Å². The Balaban J connectivity index is 2.18. The van der Waals surface area contributed by atoms with Crippen LogP contribution >= 0.6 is 35.0 Å². The van der Waals surface area contributed by atoms with Crippen LogP contribution in [0.4, 0.5) is 11.4 Å². The molecule has 0 aliphatic heterocycles. The summed E-state index contributed by atoms with van der Waals surface area (Å²) in [5.41, 5.74) is 0.0740. The largest absolute Gasteiger partial charge is 0.495 e. The number of nitro benzene ring substituents is 1. The molecule has 0 spiro atoms. The molecule has 1 unspecified atom stereocenters. The first-order chi connectivity index (χ1) is 11.8. The van der Waals surface area contributed by atoms with Crippen molar-refractivity contribution in [3.8, 4) is 5.75 Å². The second-order valence-corrected chi connectivity index (χ2v) is 7.11. The molecule has 0 aliphatic carbocycles. The lowest BCUT2D eigenvalue weighted by atomic mass is 10.2. The SMILES string of the molecule is COc1ccc([N+](=O)[O-])cc1NC(=O)C(C)Sc1c(Cl)cccc1Cl. The normalized spacial score (nSPS) is 11.7. The van der Waals surface area contributed by atoms with Crippen molar-refractivity contribution < 1.29 is 14.5 Å². The number of nitro groups is 1. The average molecular weight is 401 g/mol. The Hall–Kier alpha value is -1.96. The van der Waals surface area contributed by atoms with Gasteiger partial charge in [-0.1, -0.05) is 29.3 Å². The number of ether oxygens (including phenoxy) is 1. The minimum absolute atomic E-state index is 0.148.